The number of sulfonamides is 1. The number of nitrogens with zero attached hydrogens (tertiary/aromatic N) is 3. The maximum absolute atomic E-state index is 12.8. The van der Waals surface area contributed by atoms with E-state index in [0.29, 0.717) is 37.6 Å². The van der Waals surface area contributed by atoms with Crippen molar-refractivity contribution >= 4 is 26.0 Å². The summed E-state index contributed by atoms with van der Waals surface area (Å²) in [6.07, 6.45) is 0. The minimum Gasteiger partial charge on any atom is -0.496 e. The van der Waals surface area contributed by atoms with Crippen molar-refractivity contribution in [1.29, 1.82) is 0 Å². The maximum Gasteiger partial charge on any atom is 0.243 e. The van der Waals surface area contributed by atoms with E-state index in [1.165, 1.54) is 4.31 Å². The fourth-order valence-corrected chi connectivity index (χ4v) is 5.16. The highest BCUT2D eigenvalue weighted by molar-refractivity contribution is 9.10. The molecular weight excluding hydrogens is 470 g/mol. The summed E-state index contributed by atoms with van der Waals surface area (Å²) in [4.78, 5) is 2.48. The van der Waals surface area contributed by atoms with Gasteiger partial charge in [-0.25, -0.2) is 8.42 Å². The fourth-order valence-electron chi connectivity index (χ4n) is 3.47. The zero-order valence-corrected chi connectivity index (χ0v) is 18.9. The number of ether oxygens (including phenoxy) is 1. The van der Waals surface area contributed by atoms with E-state index in [1.54, 1.807) is 31.4 Å². The second-order valence-electron chi connectivity index (χ2n) is 7.01. The van der Waals surface area contributed by atoms with Crippen molar-refractivity contribution in [1.82, 2.24) is 14.4 Å². The maximum atomic E-state index is 12.8. The monoisotopic (exact) mass is 491 g/mol. The van der Waals surface area contributed by atoms with Crippen LogP contribution in [0.4, 0.5) is 0 Å². The smallest absolute Gasteiger partial charge is 0.243 e. The molecule has 0 aliphatic carbocycles. The Labute approximate surface area is 184 Å². The number of hydrogen-bond acceptors (Lipinski definition) is 6. The van der Waals surface area contributed by atoms with Gasteiger partial charge in [0.2, 0.25) is 10.0 Å². The zero-order chi connectivity index (χ0) is 21.1. The molecule has 2 heterocycles. The lowest BCUT2D eigenvalue weighted by atomic mass is 10.1. The van der Waals surface area contributed by atoms with E-state index in [9.17, 15) is 8.42 Å². The van der Waals surface area contributed by atoms with Crippen LogP contribution in [0.1, 0.15) is 5.76 Å². The molecule has 0 bridgehead atoms. The van der Waals surface area contributed by atoms with E-state index < -0.39 is 10.0 Å². The Bertz CT molecular complexity index is 1110. The molecule has 1 aliphatic rings. The third kappa shape index (κ3) is 4.44. The first-order valence-electron chi connectivity index (χ1n) is 9.54. The van der Waals surface area contributed by atoms with Gasteiger partial charge < -0.3 is 9.26 Å². The minimum absolute atomic E-state index is 0.316. The molecule has 0 radical (unpaired) electrons. The van der Waals surface area contributed by atoms with Crippen molar-refractivity contribution in [3.63, 3.8) is 0 Å². The van der Waals surface area contributed by atoms with Crippen molar-refractivity contribution in [2.75, 3.05) is 33.3 Å². The average Bonchev–Trinajstić information content (AvgIpc) is 3.22. The summed E-state index contributed by atoms with van der Waals surface area (Å²) in [6, 6.07) is 16.3. The normalized spacial score (nSPS) is 15.9. The van der Waals surface area contributed by atoms with Crippen molar-refractivity contribution < 1.29 is 17.7 Å². The first-order valence-corrected chi connectivity index (χ1v) is 11.8. The molecular formula is C21H22BrN3O4S. The van der Waals surface area contributed by atoms with Crippen LogP contribution in [0.15, 0.2) is 68.5 Å². The Morgan fingerprint density at radius 3 is 2.47 bits per heavy atom. The Morgan fingerprint density at radius 1 is 1.07 bits per heavy atom. The lowest BCUT2D eigenvalue weighted by molar-refractivity contribution is 0.166. The van der Waals surface area contributed by atoms with Gasteiger partial charge in [0.05, 0.1) is 18.6 Å². The molecule has 1 fully saturated rings. The number of rotatable bonds is 6. The summed E-state index contributed by atoms with van der Waals surface area (Å²) in [6.45, 7) is 2.70. The van der Waals surface area contributed by atoms with Crippen LogP contribution >= 0.6 is 15.9 Å². The Morgan fingerprint density at radius 2 is 1.77 bits per heavy atom. The molecule has 0 spiro atoms. The summed E-state index contributed by atoms with van der Waals surface area (Å²) in [5.41, 5.74) is 1.60. The van der Waals surface area contributed by atoms with E-state index in [0.717, 1.165) is 27.2 Å². The van der Waals surface area contributed by atoms with E-state index >= 15 is 0 Å². The molecule has 0 N–H and O–H groups in total. The predicted octanol–water partition coefficient (Wildman–Crippen LogP) is 3.62. The van der Waals surface area contributed by atoms with Gasteiger partial charge in [0, 0.05) is 42.3 Å². The molecule has 9 heteroatoms. The van der Waals surface area contributed by atoms with Crippen LogP contribution in [0.25, 0.3) is 11.3 Å². The van der Waals surface area contributed by atoms with Gasteiger partial charge in [0.15, 0.2) is 5.76 Å². The molecule has 7 nitrogen and oxygen atoms in total. The van der Waals surface area contributed by atoms with Gasteiger partial charge in [0.25, 0.3) is 0 Å². The van der Waals surface area contributed by atoms with Crippen molar-refractivity contribution in [3.05, 3.63) is 64.8 Å². The van der Waals surface area contributed by atoms with Crippen LogP contribution in [-0.4, -0.2) is 56.1 Å². The van der Waals surface area contributed by atoms with Gasteiger partial charge in [0.1, 0.15) is 11.4 Å². The minimum atomic E-state index is -3.48. The number of aromatic nitrogens is 1. The lowest BCUT2D eigenvalue weighted by Gasteiger charge is -2.33. The van der Waals surface area contributed by atoms with Gasteiger partial charge in [-0.3, -0.25) is 4.90 Å². The van der Waals surface area contributed by atoms with Crippen LogP contribution in [0.3, 0.4) is 0 Å². The number of para-hydroxylation sites is 1. The topological polar surface area (TPSA) is 75.9 Å². The zero-order valence-electron chi connectivity index (χ0n) is 16.5. The number of halogens is 1. The molecule has 158 valence electrons. The SMILES string of the molecule is COc1ccccc1-c1cc(CN2CCN(S(=O)(=O)c3ccc(Br)cc3)CC2)on1. The van der Waals surface area contributed by atoms with Gasteiger partial charge in [-0.15, -0.1) is 0 Å². The molecule has 0 saturated carbocycles. The molecule has 3 aromatic rings. The summed E-state index contributed by atoms with van der Waals surface area (Å²) in [5, 5.41) is 4.17. The van der Waals surface area contributed by atoms with E-state index in [4.69, 9.17) is 9.26 Å². The molecule has 0 amide bonds. The summed E-state index contributed by atoms with van der Waals surface area (Å²) in [7, 11) is -1.85. The summed E-state index contributed by atoms with van der Waals surface area (Å²) in [5.74, 6) is 1.48. The molecule has 30 heavy (non-hydrogen) atoms. The predicted molar refractivity (Wildman–Crippen MR) is 117 cm³/mol. The number of benzene rings is 2. The fraction of sp³-hybridized carbons (Fsp3) is 0.286. The van der Waals surface area contributed by atoms with Crippen molar-refractivity contribution in [2.45, 2.75) is 11.4 Å². The van der Waals surface area contributed by atoms with Gasteiger partial charge in [-0.05, 0) is 36.4 Å². The van der Waals surface area contributed by atoms with E-state index in [-0.39, 0.29) is 0 Å². The number of hydrogen-bond donors (Lipinski definition) is 0. The van der Waals surface area contributed by atoms with Gasteiger partial charge >= 0.3 is 0 Å². The average molecular weight is 492 g/mol. The summed E-state index contributed by atoms with van der Waals surface area (Å²) >= 11 is 3.34. The molecule has 4 rings (SSSR count). The van der Waals surface area contributed by atoms with Crippen LogP contribution in [0.2, 0.25) is 0 Å². The number of piperazine rings is 1. The first-order chi connectivity index (χ1) is 14.5. The Kier molecular flexibility index (Phi) is 6.24. The summed E-state index contributed by atoms with van der Waals surface area (Å²) < 4.78 is 39.0. The van der Waals surface area contributed by atoms with Crippen LogP contribution in [-0.2, 0) is 16.6 Å². The molecule has 1 saturated heterocycles. The third-order valence-electron chi connectivity index (χ3n) is 5.10. The van der Waals surface area contributed by atoms with E-state index in [2.05, 4.69) is 26.0 Å². The third-order valence-corrected chi connectivity index (χ3v) is 7.55. The van der Waals surface area contributed by atoms with Crippen LogP contribution in [0.5, 0.6) is 5.75 Å². The van der Waals surface area contributed by atoms with Crippen LogP contribution in [0, 0.1) is 0 Å². The second kappa shape index (κ2) is 8.89. The molecule has 2 aromatic carbocycles. The van der Waals surface area contributed by atoms with Gasteiger partial charge in [-0.1, -0.05) is 33.2 Å². The number of methoxy groups -OCH3 is 1. The first kappa shape index (κ1) is 21.0. The second-order valence-corrected chi connectivity index (χ2v) is 9.87. The standard InChI is InChI=1S/C21H22BrN3O4S/c1-28-21-5-3-2-4-19(21)20-14-17(29-23-20)15-24-10-12-25(13-11-24)30(26,27)18-8-6-16(22)7-9-18/h2-9,14H,10-13,15H2,1H3. The van der Waals surface area contributed by atoms with Crippen molar-refractivity contribution in [2.24, 2.45) is 0 Å². The molecule has 0 atom stereocenters. The molecule has 1 aliphatic heterocycles. The quantitative estimate of drug-likeness (QED) is 0.524. The highest BCUT2D eigenvalue weighted by Gasteiger charge is 2.28. The molecule has 0 unspecified atom stereocenters. The lowest BCUT2D eigenvalue weighted by Crippen LogP contribution is -2.48. The van der Waals surface area contributed by atoms with E-state index in [1.807, 2.05) is 30.3 Å². The largest absolute Gasteiger partial charge is 0.496 e. The Balaban J connectivity index is 1.39. The highest BCUT2D eigenvalue weighted by Crippen LogP contribution is 2.29. The highest BCUT2D eigenvalue weighted by atomic mass is 79.9. The molecule has 1 aromatic heterocycles. The Hall–Kier alpha value is -2.20. The van der Waals surface area contributed by atoms with Gasteiger partial charge in [-0.2, -0.15) is 4.31 Å². The van der Waals surface area contributed by atoms with Crippen molar-refractivity contribution in [3.8, 4) is 17.0 Å². The van der Waals surface area contributed by atoms with Crippen LogP contribution < -0.4 is 4.74 Å².